The molecular formula is C23H27NO4S2. The van der Waals surface area contributed by atoms with Gasteiger partial charge in [-0.05, 0) is 54.2 Å². The lowest BCUT2D eigenvalue weighted by Crippen LogP contribution is -2.25. The lowest BCUT2D eigenvalue weighted by molar-refractivity contribution is -0.159. The first-order valence-corrected chi connectivity index (χ1v) is 11.9. The first-order valence-electron chi connectivity index (χ1n) is 9.82. The first kappa shape index (κ1) is 24.1. The summed E-state index contributed by atoms with van der Waals surface area (Å²) >= 11 is 4.22. The van der Waals surface area contributed by atoms with Crippen molar-refractivity contribution in [2.75, 3.05) is 18.6 Å². The van der Waals surface area contributed by atoms with E-state index in [1.807, 2.05) is 7.05 Å². The zero-order valence-corrected chi connectivity index (χ0v) is 18.6. The monoisotopic (exact) mass is 445 g/mol. The number of likely N-dealkylation sites (N-methyl/N-ethyl adjacent to an activating group) is 1. The molecule has 1 saturated heterocycles. The van der Waals surface area contributed by atoms with E-state index in [4.69, 9.17) is 19.8 Å². The topological polar surface area (TPSA) is 86.6 Å². The average molecular weight is 446 g/mol. The van der Waals surface area contributed by atoms with Crippen LogP contribution in [-0.4, -0.2) is 51.3 Å². The number of benzene rings is 2. The molecule has 5 nitrogen and oxygen atoms in total. The number of carbonyl (C=O) groups is 2. The fourth-order valence-electron chi connectivity index (χ4n) is 2.92. The van der Waals surface area contributed by atoms with Gasteiger partial charge in [0, 0.05) is 6.42 Å². The second-order valence-corrected chi connectivity index (χ2v) is 9.64. The molecule has 1 aliphatic rings. The molecule has 1 atom stereocenters. The molecule has 2 aromatic rings. The van der Waals surface area contributed by atoms with Gasteiger partial charge in [0.1, 0.15) is 0 Å². The van der Waals surface area contributed by atoms with Crippen LogP contribution in [0.3, 0.4) is 0 Å². The van der Waals surface area contributed by atoms with Crippen molar-refractivity contribution in [3.8, 4) is 11.8 Å². The molecule has 30 heavy (non-hydrogen) atoms. The van der Waals surface area contributed by atoms with Crippen molar-refractivity contribution in [1.82, 2.24) is 5.32 Å². The third-order valence-corrected chi connectivity index (χ3v) is 7.54. The molecular weight excluding hydrogens is 418 g/mol. The Kier molecular flexibility index (Phi) is 10.6. The molecule has 3 rings (SSSR count). The number of thioether (sulfide) groups is 2. The van der Waals surface area contributed by atoms with Crippen molar-refractivity contribution in [2.24, 2.45) is 0 Å². The van der Waals surface area contributed by atoms with Crippen LogP contribution >= 0.6 is 23.5 Å². The third kappa shape index (κ3) is 8.70. The second-order valence-electron chi connectivity index (χ2n) is 6.72. The molecule has 1 fully saturated rings. The largest absolute Gasteiger partial charge is 0.473 e. The molecule has 0 bridgehead atoms. The van der Waals surface area contributed by atoms with Crippen LogP contribution in [0.4, 0.5) is 0 Å². The van der Waals surface area contributed by atoms with Gasteiger partial charge in [-0.15, -0.1) is 29.4 Å². The highest BCUT2D eigenvalue weighted by Gasteiger charge is 2.13. The van der Waals surface area contributed by atoms with Gasteiger partial charge in [0.25, 0.3) is 0 Å². The molecule has 3 N–H and O–H groups in total. The molecule has 2 aromatic carbocycles. The third-order valence-electron chi connectivity index (χ3n) is 4.46. The summed E-state index contributed by atoms with van der Waals surface area (Å²) < 4.78 is 0.765. The van der Waals surface area contributed by atoms with E-state index in [1.54, 1.807) is 0 Å². The van der Waals surface area contributed by atoms with Crippen molar-refractivity contribution in [3.05, 3.63) is 48.0 Å². The van der Waals surface area contributed by atoms with E-state index in [9.17, 15) is 0 Å². The summed E-state index contributed by atoms with van der Waals surface area (Å²) in [5, 5.41) is 20.7. The minimum absolute atomic E-state index is 0.234. The van der Waals surface area contributed by atoms with Crippen molar-refractivity contribution >= 4 is 46.2 Å². The van der Waals surface area contributed by atoms with Crippen molar-refractivity contribution < 1.29 is 19.8 Å². The fraction of sp³-hybridized carbons (Fsp3) is 0.391. The lowest BCUT2D eigenvalue weighted by Gasteiger charge is -2.19. The number of hydrogen-bond donors (Lipinski definition) is 3. The Morgan fingerprint density at radius 1 is 1.10 bits per heavy atom. The molecule has 0 aromatic heterocycles. The summed E-state index contributed by atoms with van der Waals surface area (Å²) in [5.74, 6) is 5.83. The zero-order valence-electron chi connectivity index (χ0n) is 17.0. The SMILES string of the molecule is CNC(C#CCCC1SCCCS1)Cc1ccc2ccccc2c1.O=C(O)C(=O)O. The van der Waals surface area contributed by atoms with Gasteiger partial charge in [-0.25, -0.2) is 9.59 Å². The Morgan fingerprint density at radius 3 is 2.40 bits per heavy atom. The molecule has 1 unspecified atom stereocenters. The molecule has 0 saturated carbocycles. The summed E-state index contributed by atoms with van der Waals surface area (Å²) in [4.78, 5) is 18.2. The van der Waals surface area contributed by atoms with Gasteiger partial charge in [0.15, 0.2) is 0 Å². The van der Waals surface area contributed by atoms with E-state index < -0.39 is 11.9 Å². The van der Waals surface area contributed by atoms with E-state index in [2.05, 4.69) is 83.1 Å². The van der Waals surface area contributed by atoms with Crippen LogP contribution in [0.1, 0.15) is 24.8 Å². The maximum Gasteiger partial charge on any atom is 0.414 e. The van der Waals surface area contributed by atoms with Crippen LogP contribution in [-0.2, 0) is 16.0 Å². The van der Waals surface area contributed by atoms with Gasteiger partial charge in [-0.1, -0.05) is 48.4 Å². The zero-order chi connectivity index (χ0) is 21.8. The van der Waals surface area contributed by atoms with Gasteiger partial charge in [-0.3, -0.25) is 0 Å². The van der Waals surface area contributed by atoms with Crippen molar-refractivity contribution in [1.29, 1.82) is 0 Å². The smallest absolute Gasteiger partial charge is 0.414 e. The quantitative estimate of drug-likeness (QED) is 0.472. The van der Waals surface area contributed by atoms with E-state index >= 15 is 0 Å². The normalized spacial score (nSPS) is 14.7. The van der Waals surface area contributed by atoms with Gasteiger partial charge in [-0.2, -0.15) is 0 Å². The number of rotatable bonds is 5. The summed E-state index contributed by atoms with van der Waals surface area (Å²) in [6.45, 7) is 0. The predicted molar refractivity (Wildman–Crippen MR) is 126 cm³/mol. The van der Waals surface area contributed by atoms with Crippen LogP contribution in [0.5, 0.6) is 0 Å². The van der Waals surface area contributed by atoms with Gasteiger partial charge >= 0.3 is 11.9 Å². The highest BCUT2D eigenvalue weighted by molar-refractivity contribution is 8.17. The number of carboxylic acids is 2. The molecule has 0 spiro atoms. The fourth-order valence-corrected chi connectivity index (χ4v) is 5.78. The Bertz CT molecular complexity index is 889. The summed E-state index contributed by atoms with van der Waals surface area (Å²) in [5.41, 5.74) is 1.35. The standard InChI is InChI=1S/C21H25NS2.C2H2O4/c1-22-20(9-4-5-10-21-23-13-6-14-24-21)16-17-11-12-18-7-2-3-8-19(18)15-17;3-1(4)2(5)6/h2-3,7-8,11-12,15,20-22H,5-6,10,13-14,16H2,1H3;(H,3,4)(H,5,6). The van der Waals surface area contributed by atoms with Crippen LogP contribution in [0.2, 0.25) is 0 Å². The van der Waals surface area contributed by atoms with Gasteiger partial charge < -0.3 is 15.5 Å². The van der Waals surface area contributed by atoms with Crippen LogP contribution in [0, 0.1) is 11.8 Å². The van der Waals surface area contributed by atoms with Gasteiger partial charge in [0.05, 0.1) is 10.6 Å². The number of nitrogens with one attached hydrogen (secondary N) is 1. The molecule has 1 aliphatic heterocycles. The minimum atomic E-state index is -1.82. The minimum Gasteiger partial charge on any atom is -0.473 e. The van der Waals surface area contributed by atoms with Gasteiger partial charge in [0.2, 0.25) is 0 Å². The highest BCUT2D eigenvalue weighted by Crippen LogP contribution is 2.33. The predicted octanol–water partition coefficient (Wildman–Crippen LogP) is 4.11. The maximum absolute atomic E-state index is 9.10. The highest BCUT2D eigenvalue weighted by atomic mass is 32.2. The maximum atomic E-state index is 9.10. The summed E-state index contributed by atoms with van der Waals surface area (Å²) in [7, 11) is 2.01. The lowest BCUT2D eigenvalue weighted by atomic mass is 10.0. The van der Waals surface area contributed by atoms with Crippen LogP contribution in [0.25, 0.3) is 10.8 Å². The number of aliphatic carboxylic acids is 2. The Balaban J connectivity index is 0.000000469. The second kappa shape index (κ2) is 13.2. The van der Waals surface area contributed by atoms with E-state index in [1.165, 1.54) is 40.7 Å². The van der Waals surface area contributed by atoms with Crippen LogP contribution in [0.15, 0.2) is 42.5 Å². The molecule has 0 aliphatic carbocycles. The average Bonchev–Trinajstić information content (AvgIpc) is 2.76. The molecule has 160 valence electrons. The van der Waals surface area contributed by atoms with E-state index in [0.717, 1.165) is 17.4 Å². The Hall–Kier alpha value is -2.14. The van der Waals surface area contributed by atoms with E-state index in [-0.39, 0.29) is 6.04 Å². The molecule has 1 heterocycles. The Morgan fingerprint density at radius 2 is 1.77 bits per heavy atom. The van der Waals surface area contributed by atoms with Crippen molar-refractivity contribution in [3.63, 3.8) is 0 Å². The van der Waals surface area contributed by atoms with E-state index in [0.29, 0.717) is 0 Å². The number of fused-ring (bicyclic) bond motifs is 1. The molecule has 0 amide bonds. The van der Waals surface area contributed by atoms with Crippen molar-refractivity contribution in [2.45, 2.75) is 36.3 Å². The summed E-state index contributed by atoms with van der Waals surface area (Å²) in [6, 6.07) is 15.5. The summed E-state index contributed by atoms with van der Waals surface area (Å²) in [6.07, 6.45) is 4.56. The number of carboxylic acid groups (broad SMARTS) is 2. The Labute approximate surface area is 186 Å². The first-order chi connectivity index (χ1) is 14.5. The molecule has 0 radical (unpaired) electrons. The molecule has 7 heteroatoms. The number of hydrogen-bond acceptors (Lipinski definition) is 5. The van der Waals surface area contributed by atoms with Crippen LogP contribution < -0.4 is 5.32 Å².